The van der Waals surface area contributed by atoms with Crippen LogP contribution in [0.2, 0.25) is 0 Å². The van der Waals surface area contributed by atoms with Crippen molar-refractivity contribution in [2.75, 3.05) is 0 Å². The highest BCUT2D eigenvalue weighted by atomic mass is 16.4. The minimum Gasteiger partial charge on any atom is -0.478 e. The van der Waals surface area contributed by atoms with Crippen molar-refractivity contribution in [1.29, 1.82) is 0 Å². The van der Waals surface area contributed by atoms with Crippen LogP contribution in [0.4, 0.5) is 0 Å². The Morgan fingerprint density at radius 3 is 2.23 bits per heavy atom. The number of hydrogen-bond donors (Lipinski definition) is 2. The highest BCUT2D eigenvalue weighted by Crippen LogP contribution is 2.03. The fraction of sp³-hybridized carbons (Fsp3) is 0.700. The van der Waals surface area contributed by atoms with E-state index in [4.69, 9.17) is 5.11 Å². The number of carbonyl (C=O) groups is 1. The van der Waals surface area contributed by atoms with Gasteiger partial charge < -0.3 is 10.4 Å². The molecular weight excluding hydrogens is 166 g/mol. The molecule has 0 radical (unpaired) electrons. The molecule has 0 aliphatic carbocycles. The molecule has 2 N–H and O–H groups in total. The zero-order chi connectivity index (χ0) is 10.6. The second-order valence-electron chi connectivity index (χ2n) is 4.34. The Morgan fingerprint density at radius 1 is 1.46 bits per heavy atom. The lowest BCUT2D eigenvalue weighted by Gasteiger charge is -2.24. The van der Waals surface area contributed by atoms with Crippen LogP contribution in [-0.2, 0) is 4.79 Å². The van der Waals surface area contributed by atoms with E-state index in [1.165, 1.54) is 0 Å². The summed E-state index contributed by atoms with van der Waals surface area (Å²) in [6.07, 6.45) is 1.72. The first-order valence-corrected chi connectivity index (χ1v) is 4.42. The fourth-order valence-electron chi connectivity index (χ4n) is 1.17. The molecule has 0 aromatic heterocycles. The quantitative estimate of drug-likeness (QED) is 0.659. The molecule has 0 aliphatic rings. The van der Waals surface area contributed by atoms with Gasteiger partial charge in [0.15, 0.2) is 0 Å². The number of carboxylic acids is 1. The first-order valence-electron chi connectivity index (χ1n) is 4.42. The molecule has 0 bridgehead atoms. The average molecular weight is 185 g/mol. The van der Waals surface area contributed by atoms with Crippen molar-refractivity contribution in [2.45, 2.75) is 46.2 Å². The lowest BCUT2D eigenvalue weighted by molar-refractivity contribution is -0.132. The Morgan fingerprint density at radius 2 is 1.92 bits per heavy atom. The third-order valence-electron chi connectivity index (χ3n) is 1.50. The van der Waals surface area contributed by atoms with Gasteiger partial charge in [-0.15, -0.1) is 0 Å². The van der Waals surface area contributed by atoms with Crippen LogP contribution in [0, 0.1) is 0 Å². The van der Waals surface area contributed by atoms with E-state index in [1.807, 2.05) is 27.7 Å². The average Bonchev–Trinajstić information content (AvgIpc) is 1.81. The summed E-state index contributed by atoms with van der Waals surface area (Å²) in [7, 11) is 0. The van der Waals surface area contributed by atoms with Crippen molar-refractivity contribution in [1.82, 2.24) is 5.32 Å². The van der Waals surface area contributed by atoms with Crippen LogP contribution in [-0.4, -0.2) is 22.7 Å². The molecule has 0 saturated heterocycles. The van der Waals surface area contributed by atoms with Crippen LogP contribution < -0.4 is 5.32 Å². The number of carboxylic acid groups (broad SMARTS) is 1. The first-order chi connectivity index (χ1) is 5.72. The van der Waals surface area contributed by atoms with Crippen LogP contribution in [0.25, 0.3) is 0 Å². The summed E-state index contributed by atoms with van der Waals surface area (Å²) in [5.41, 5.74) is 0.388. The largest absolute Gasteiger partial charge is 0.478 e. The van der Waals surface area contributed by atoms with E-state index >= 15 is 0 Å². The van der Waals surface area contributed by atoms with E-state index in [0.717, 1.165) is 0 Å². The zero-order valence-electron chi connectivity index (χ0n) is 9.01. The molecule has 0 fully saturated rings. The molecular formula is C10H19NO2. The van der Waals surface area contributed by atoms with E-state index in [1.54, 1.807) is 13.0 Å². The number of rotatable bonds is 3. The van der Waals surface area contributed by atoms with Crippen molar-refractivity contribution in [3.63, 3.8) is 0 Å². The SMILES string of the molecule is C/C(=C\C(C)NC(C)(C)C)C(=O)O. The van der Waals surface area contributed by atoms with Crippen molar-refractivity contribution < 1.29 is 9.90 Å². The normalized spacial score (nSPS) is 15.6. The van der Waals surface area contributed by atoms with E-state index in [0.29, 0.717) is 5.57 Å². The van der Waals surface area contributed by atoms with Crippen LogP contribution >= 0.6 is 0 Å². The Kier molecular flexibility index (Phi) is 4.14. The molecule has 0 aliphatic heterocycles. The van der Waals surface area contributed by atoms with Crippen molar-refractivity contribution in [3.05, 3.63) is 11.6 Å². The Balaban J connectivity index is 4.23. The summed E-state index contributed by atoms with van der Waals surface area (Å²) in [5.74, 6) is -0.859. The maximum Gasteiger partial charge on any atom is 0.331 e. The summed E-state index contributed by atoms with van der Waals surface area (Å²) in [6.45, 7) is 9.69. The Hall–Kier alpha value is -0.830. The second-order valence-corrected chi connectivity index (χ2v) is 4.34. The molecule has 0 amide bonds. The third kappa shape index (κ3) is 6.34. The van der Waals surface area contributed by atoms with Gasteiger partial charge in [0.25, 0.3) is 0 Å². The zero-order valence-corrected chi connectivity index (χ0v) is 9.01. The molecule has 3 nitrogen and oxygen atoms in total. The van der Waals surface area contributed by atoms with Crippen molar-refractivity contribution in [2.24, 2.45) is 0 Å². The molecule has 1 atom stereocenters. The Bertz CT molecular complexity index is 213. The van der Waals surface area contributed by atoms with Gasteiger partial charge >= 0.3 is 5.97 Å². The maximum atomic E-state index is 10.5. The smallest absolute Gasteiger partial charge is 0.331 e. The van der Waals surface area contributed by atoms with E-state index < -0.39 is 5.97 Å². The molecule has 1 unspecified atom stereocenters. The predicted octanol–water partition coefficient (Wildman–Crippen LogP) is 1.79. The van der Waals surface area contributed by atoms with Gasteiger partial charge in [0.05, 0.1) is 0 Å². The van der Waals surface area contributed by atoms with Crippen LogP contribution in [0.5, 0.6) is 0 Å². The van der Waals surface area contributed by atoms with E-state index in [2.05, 4.69) is 5.32 Å². The van der Waals surface area contributed by atoms with Crippen molar-refractivity contribution >= 4 is 5.97 Å². The molecule has 0 heterocycles. The summed E-state index contributed by atoms with van der Waals surface area (Å²) in [6, 6.07) is 0.0797. The number of hydrogen-bond acceptors (Lipinski definition) is 2. The minimum absolute atomic E-state index is 0.00863. The van der Waals surface area contributed by atoms with Gasteiger partial charge in [-0.1, -0.05) is 6.08 Å². The molecule has 13 heavy (non-hydrogen) atoms. The van der Waals surface area contributed by atoms with Gasteiger partial charge in [0, 0.05) is 17.2 Å². The van der Waals surface area contributed by atoms with Gasteiger partial charge in [-0.25, -0.2) is 4.79 Å². The van der Waals surface area contributed by atoms with E-state index in [9.17, 15) is 4.79 Å². The van der Waals surface area contributed by atoms with E-state index in [-0.39, 0.29) is 11.6 Å². The van der Waals surface area contributed by atoms with Gasteiger partial charge in [0.2, 0.25) is 0 Å². The highest BCUT2D eigenvalue weighted by Gasteiger charge is 2.12. The molecule has 0 spiro atoms. The lowest BCUT2D eigenvalue weighted by Crippen LogP contribution is -2.41. The molecule has 0 aromatic carbocycles. The molecule has 0 saturated carbocycles. The van der Waals surface area contributed by atoms with Crippen LogP contribution in [0.1, 0.15) is 34.6 Å². The molecule has 3 heteroatoms. The summed E-state index contributed by atoms with van der Waals surface area (Å²) < 4.78 is 0. The summed E-state index contributed by atoms with van der Waals surface area (Å²) in [5, 5.41) is 11.9. The summed E-state index contributed by atoms with van der Waals surface area (Å²) in [4.78, 5) is 10.5. The monoisotopic (exact) mass is 185 g/mol. The lowest BCUT2D eigenvalue weighted by atomic mass is 10.1. The van der Waals surface area contributed by atoms with Gasteiger partial charge in [-0.05, 0) is 34.6 Å². The number of nitrogens with one attached hydrogen (secondary N) is 1. The summed E-state index contributed by atoms with van der Waals surface area (Å²) >= 11 is 0. The predicted molar refractivity (Wildman–Crippen MR) is 53.7 cm³/mol. The van der Waals surface area contributed by atoms with Crippen LogP contribution in [0.15, 0.2) is 11.6 Å². The number of aliphatic carboxylic acids is 1. The highest BCUT2D eigenvalue weighted by molar-refractivity contribution is 5.85. The van der Waals surface area contributed by atoms with Gasteiger partial charge in [0.1, 0.15) is 0 Å². The third-order valence-corrected chi connectivity index (χ3v) is 1.50. The topological polar surface area (TPSA) is 49.3 Å². The minimum atomic E-state index is -0.859. The fourth-order valence-corrected chi connectivity index (χ4v) is 1.17. The standard InChI is InChI=1S/C10H19NO2/c1-7(9(12)13)6-8(2)11-10(3,4)5/h6,8,11H,1-5H3,(H,12,13)/b7-6+. The molecule has 76 valence electrons. The first kappa shape index (κ1) is 12.2. The van der Waals surface area contributed by atoms with Gasteiger partial charge in [-0.2, -0.15) is 0 Å². The van der Waals surface area contributed by atoms with Gasteiger partial charge in [-0.3, -0.25) is 0 Å². The van der Waals surface area contributed by atoms with Crippen molar-refractivity contribution in [3.8, 4) is 0 Å². The Labute approximate surface area is 79.8 Å². The molecule has 0 aromatic rings. The maximum absolute atomic E-state index is 10.5. The molecule has 0 rings (SSSR count). The van der Waals surface area contributed by atoms with Crippen LogP contribution in [0.3, 0.4) is 0 Å². The second kappa shape index (κ2) is 4.42.